The maximum Gasteiger partial charge on any atom is 0.221 e. The van der Waals surface area contributed by atoms with Crippen LogP contribution >= 0.6 is 11.6 Å². The first-order valence-corrected chi connectivity index (χ1v) is 9.25. The van der Waals surface area contributed by atoms with Crippen LogP contribution in [0.3, 0.4) is 0 Å². The molecular weight excluding hydrogens is 345 g/mol. The van der Waals surface area contributed by atoms with E-state index in [0.29, 0.717) is 31.2 Å². The number of nitrogens with one attached hydrogen (secondary N) is 2. The maximum atomic E-state index is 13.2. The number of hydrogen-bond donors (Lipinski definition) is 2. The minimum Gasteiger partial charge on any atom is -0.378 e. The van der Waals surface area contributed by atoms with Gasteiger partial charge in [0.2, 0.25) is 5.91 Å². The standard InChI is InChI=1S/C18H25ClFN3O2/c19-17-8-14(20)4-3-13(17)10-23-6-1-2-15(11-23)22-18(24)9-16-12-25-7-5-21-16/h3-4,8,15-16,21H,1-2,5-7,9-12H2,(H,22,24). The van der Waals surface area contributed by atoms with Crippen molar-refractivity contribution in [2.75, 3.05) is 32.8 Å². The maximum absolute atomic E-state index is 13.2. The molecule has 0 saturated carbocycles. The fourth-order valence-corrected chi connectivity index (χ4v) is 3.70. The summed E-state index contributed by atoms with van der Waals surface area (Å²) >= 11 is 6.12. The molecular formula is C18H25ClFN3O2. The highest BCUT2D eigenvalue weighted by molar-refractivity contribution is 6.31. The molecule has 2 N–H and O–H groups in total. The third kappa shape index (κ3) is 5.64. The molecule has 0 bridgehead atoms. The van der Waals surface area contributed by atoms with E-state index < -0.39 is 0 Å². The van der Waals surface area contributed by atoms with Crippen LogP contribution in [0.4, 0.5) is 4.39 Å². The molecule has 3 rings (SSSR count). The number of hydrogen-bond acceptors (Lipinski definition) is 4. The molecule has 1 amide bonds. The van der Waals surface area contributed by atoms with Gasteiger partial charge in [0, 0.05) is 43.2 Å². The second-order valence-electron chi connectivity index (χ2n) is 6.81. The summed E-state index contributed by atoms with van der Waals surface area (Å²) in [5, 5.41) is 6.89. The molecule has 0 radical (unpaired) electrons. The summed E-state index contributed by atoms with van der Waals surface area (Å²) in [6.45, 7) is 4.51. The van der Waals surface area contributed by atoms with Gasteiger partial charge in [0.15, 0.2) is 0 Å². The molecule has 0 aliphatic carbocycles. The van der Waals surface area contributed by atoms with Crippen LogP contribution in [0, 0.1) is 5.82 Å². The summed E-state index contributed by atoms with van der Waals surface area (Å²) in [5.41, 5.74) is 0.915. The Morgan fingerprint density at radius 2 is 2.36 bits per heavy atom. The first kappa shape index (κ1) is 18.6. The van der Waals surface area contributed by atoms with Crippen molar-refractivity contribution in [3.8, 4) is 0 Å². The topological polar surface area (TPSA) is 53.6 Å². The Hall–Kier alpha value is -1.21. The second-order valence-corrected chi connectivity index (χ2v) is 7.21. The number of morpholine rings is 1. The van der Waals surface area contributed by atoms with Crippen LogP contribution in [0.5, 0.6) is 0 Å². The fraction of sp³-hybridized carbons (Fsp3) is 0.611. The van der Waals surface area contributed by atoms with Gasteiger partial charge in [-0.25, -0.2) is 4.39 Å². The first-order valence-electron chi connectivity index (χ1n) is 8.87. The van der Waals surface area contributed by atoms with Crippen molar-refractivity contribution in [2.45, 2.75) is 37.9 Å². The van der Waals surface area contributed by atoms with Gasteiger partial charge in [-0.2, -0.15) is 0 Å². The van der Waals surface area contributed by atoms with Crippen molar-refractivity contribution in [2.24, 2.45) is 0 Å². The van der Waals surface area contributed by atoms with Gasteiger partial charge >= 0.3 is 0 Å². The molecule has 0 aromatic heterocycles. The lowest BCUT2D eigenvalue weighted by atomic mass is 10.0. The van der Waals surface area contributed by atoms with Crippen LogP contribution in [0.15, 0.2) is 18.2 Å². The van der Waals surface area contributed by atoms with Crippen LogP contribution in [0.1, 0.15) is 24.8 Å². The van der Waals surface area contributed by atoms with E-state index in [1.54, 1.807) is 6.07 Å². The van der Waals surface area contributed by atoms with Crippen molar-refractivity contribution < 1.29 is 13.9 Å². The van der Waals surface area contributed by atoms with Crippen molar-refractivity contribution in [1.82, 2.24) is 15.5 Å². The van der Waals surface area contributed by atoms with Crippen molar-refractivity contribution in [3.05, 3.63) is 34.6 Å². The number of ether oxygens (including phenoxy) is 1. The Bertz CT molecular complexity index is 596. The average Bonchev–Trinajstić information content (AvgIpc) is 2.58. The third-order valence-corrected chi connectivity index (χ3v) is 5.06. The van der Waals surface area contributed by atoms with Crippen molar-refractivity contribution in [1.29, 1.82) is 0 Å². The predicted octanol–water partition coefficient (Wildman–Crippen LogP) is 1.94. The molecule has 5 nitrogen and oxygen atoms in total. The molecule has 2 aliphatic rings. The molecule has 2 aliphatic heterocycles. The van der Waals surface area contributed by atoms with E-state index in [-0.39, 0.29) is 23.8 Å². The molecule has 2 unspecified atom stereocenters. The Morgan fingerprint density at radius 1 is 1.48 bits per heavy atom. The molecule has 2 heterocycles. The number of halogens is 2. The Labute approximate surface area is 152 Å². The number of piperidine rings is 1. The van der Waals surface area contributed by atoms with Crippen LogP contribution in [-0.2, 0) is 16.1 Å². The number of rotatable bonds is 5. The summed E-state index contributed by atoms with van der Waals surface area (Å²) in [5.74, 6) is -0.257. The third-order valence-electron chi connectivity index (χ3n) is 4.71. The Kier molecular flexibility index (Phi) is 6.64. The normalized spacial score (nSPS) is 24.9. The van der Waals surface area contributed by atoms with Gasteiger partial charge < -0.3 is 15.4 Å². The number of benzene rings is 1. The minimum atomic E-state index is -0.321. The van der Waals surface area contributed by atoms with E-state index >= 15 is 0 Å². The van der Waals surface area contributed by atoms with Gasteiger partial charge in [0.1, 0.15) is 5.82 Å². The zero-order valence-corrected chi connectivity index (χ0v) is 15.0. The highest BCUT2D eigenvalue weighted by Gasteiger charge is 2.24. The largest absolute Gasteiger partial charge is 0.378 e. The number of nitrogens with zero attached hydrogens (tertiary/aromatic N) is 1. The molecule has 25 heavy (non-hydrogen) atoms. The van der Waals surface area contributed by atoms with Gasteiger partial charge in [-0.05, 0) is 37.1 Å². The lowest BCUT2D eigenvalue weighted by Gasteiger charge is -2.33. The van der Waals surface area contributed by atoms with Gasteiger partial charge in [-0.3, -0.25) is 9.69 Å². The molecule has 2 saturated heterocycles. The minimum absolute atomic E-state index is 0.0645. The SMILES string of the molecule is O=C(CC1COCCN1)NC1CCCN(Cc2ccc(F)cc2Cl)C1. The lowest BCUT2D eigenvalue weighted by molar-refractivity contribution is -0.123. The number of amides is 1. The van der Waals surface area contributed by atoms with E-state index in [1.165, 1.54) is 12.1 Å². The lowest BCUT2D eigenvalue weighted by Crippen LogP contribution is -2.50. The fourth-order valence-electron chi connectivity index (χ4n) is 3.47. The van der Waals surface area contributed by atoms with Gasteiger partial charge in [-0.15, -0.1) is 0 Å². The molecule has 138 valence electrons. The van der Waals surface area contributed by atoms with Gasteiger partial charge in [0.05, 0.1) is 13.2 Å². The Morgan fingerprint density at radius 3 is 3.12 bits per heavy atom. The van der Waals surface area contributed by atoms with Crippen LogP contribution in [0.25, 0.3) is 0 Å². The smallest absolute Gasteiger partial charge is 0.221 e. The van der Waals surface area contributed by atoms with E-state index in [1.807, 2.05) is 0 Å². The molecule has 1 aromatic carbocycles. The van der Waals surface area contributed by atoms with Crippen molar-refractivity contribution >= 4 is 17.5 Å². The Balaban J connectivity index is 1.48. The molecule has 2 fully saturated rings. The second kappa shape index (κ2) is 8.94. The highest BCUT2D eigenvalue weighted by atomic mass is 35.5. The zero-order chi connectivity index (χ0) is 17.6. The van der Waals surface area contributed by atoms with Crippen molar-refractivity contribution in [3.63, 3.8) is 0 Å². The van der Waals surface area contributed by atoms with Gasteiger partial charge in [0.25, 0.3) is 0 Å². The van der Waals surface area contributed by atoms with Gasteiger partial charge in [-0.1, -0.05) is 17.7 Å². The molecule has 2 atom stereocenters. The van der Waals surface area contributed by atoms with E-state index in [0.717, 1.165) is 38.0 Å². The summed E-state index contributed by atoms with van der Waals surface area (Å²) in [7, 11) is 0. The first-order chi connectivity index (χ1) is 12.1. The van der Waals surface area contributed by atoms with E-state index in [4.69, 9.17) is 16.3 Å². The van der Waals surface area contributed by atoms with E-state index in [2.05, 4.69) is 15.5 Å². The van der Waals surface area contributed by atoms with Crippen LogP contribution in [0.2, 0.25) is 5.02 Å². The monoisotopic (exact) mass is 369 g/mol. The molecule has 0 spiro atoms. The molecule has 1 aromatic rings. The quantitative estimate of drug-likeness (QED) is 0.833. The summed E-state index contributed by atoms with van der Waals surface area (Å²) < 4.78 is 18.6. The zero-order valence-electron chi connectivity index (χ0n) is 14.3. The summed E-state index contributed by atoms with van der Waals surface area (Å²) in [6, 6.07) is 4.76. The number of likely N-dealkylation sites (tertiary alicyclic amines) is 1. The molecule has 7 heteroatoms. The number of carbonyl (C=O) groups is 1. The summed E-state index contributed by atoms with van der Waals surface area (Å²) in [6.07, 6.45) is 2.45. The van der Waals surface area contributed by atoms with Crippen LogP contribution in [-0.4, -0.2) is 55.7 Å². The van der Waals surface area contributed by atoms with E-state index in [9.17, 15) is 9.18 Å². The summed E-state index contributed by atoms with van der Waals surface area (Å²) in [4.78, 5) is 14.5. The number of carbonyl (C=O) groups excluding carboxylic acids is 1. The van der Waals surface area contributed by atoms with Crippen LogP contribution < -0.4 is 10.6 Å². The average molecular weight is 370 g/mol. The highest BCUT2D eigenvalue weighted by Crippen LogP contribution is 2.21. The predicted molar refractivity (Wildman–Crippen MR) is 95.1 cm³/mol.